The van der Waals surface area contributed by atoms with Gasteiger partial charge in [-0.15, -0.1) is 0 Å². The molecule has 1 aliphatic carbocycles. The molecule has 0 atom stereocenters. The quantitative estimate of drug-likeness (QED) is 0.797. The van der Waals surface area contributed by atoms with E-state index in [-0.39, 0.29) is 5.78 Å². The first-order valence-corrected chi connectivity index (χ1v) is 7.11. The van der Waals surface area contributed by atoms with Crippen LogP contribution in [0, 0.1) is 13.8 Å². The molecule has 1 saturated carbocycles. The monoisotopic (exact) mass is 266 g/mol. The van der Waals surface area contributed by atoms with E-state index in [1.165, 1.54) is 24.8 Å². The second-order valence-corrected chi connectivity index (χ2v) is 5.57. The van der Waals surface area contributed by atoms with E-state index in [2.05, 4.69) is 16.3 Å². The molecule has 1 heterocycles. The van der Waals surface area contributed by atoms with Gasteiger partial charge in [0.2, 0.25) is 0 Å². The van der Waals surface area contributed by atoms with E-state index < -0.39 is 0 Å². The van der Waals surface area contributed by atoms with Gasteiger partial charge in [-0.25, -0.2) is 0 Å². The molecule has 0 bridgehead atoms. The molecule has 3 nitrogen and oxygen atoms in total. The van der Waals surface area contributed by atoms with Gasteiger partial charge in [-0.2, -0.15) is 10.2 Å². The van der Waals surface area contributed by atoms with Gasteiger partial charge in [-0.1, -0.05) is 24.6 Å². The second kappa shape index (κ2) is 5.16. The van der Waals surface area contributed by atoms with Crippen molar-refractivity contribution >= 4 is 5.78 Å². The van der Waals surface area contributed by atoms with Crippen LogP contribution in [0.4, 0.5) is 0 Å². The highest BCUT2D eigenvalue weighted by Gasteiger charge is 2.21. The van der Waals surface area contributed by atoms with E-state index in [1.807, 2.05) is 38.1 Å². The van der Waals surface area contributed by atoms with Crippen LogP contribution in [0.5, 0.6) is 0 Å². The maximum atomic E-state index is 12.6. The van der Waals surface area contributed by atoms with E-state index in [1.54, 1.807) is 0 Å². The first-order valence-electron chi connectivity index (χ1n) is 7.11. The van der Waals surface area contributed by atoms with Gasteiger partial charge in [-0.3, -0.25) is 4.79 Å². The van der Waals surface area contributed by atoms with Crippen LogP contribution < -0.4 is 0 Å². The SMILES string of the molecule is Cc1cc(C(=O)c2cccc(C3CCC3)c2)c(C)nn1. The van der Waals surface area contributed by atoms with Crippen molar-refractivity contribution < 1.29 is 4.79 Å². The van der Waals surface area contributed by atoms with Crippen LogP contribution in [0.1, 0.15) is 58.1 Å². The van der Waals surface area contributed by atoms with Crippen molar-refractivity contribution in [2.75, 3.05) is 0 Å². The molecule has 1 fully saturated rings. The lowest BCUT2D eigenvalue weighted by atomic mass is 9.79. The minimum absolute atomic E-state index is 0.0432. The van der Waals surface area contributed by atoms with Gasteiger partial charge in [0.05, 0.1) is 11.4 Å². The van der Waals surface area contributed by atoms with Crippen LogP contribution in [0.15, 0.2) is 30.3 Å². The molecular formula is C17H18N2O. The first-order chi connectivity index (χ1) is 9.65. The number of hydrogen-bond donors (Lipinski definition) is 0. The number of ketones is 1. The van der Waals surface area contributed by atoms with Crippen LogP contribution >= 0.6 is 0 Å². The lowest BCUT2D eigenvalue weighted by molar-refractivity contribution is 0.103. The highest BCUT2D eigenvalue weighted by molar-refractivity contribution is 6.09. The summed E-state index contributed by atoms with van der Waals surface area (Å²) < 4.78 is 0. The molecule has 0 radical (unpaired) electrons. The second-order valence-electron chi connectivity index (χ2n) is 5.57. The molecule has 0 spiro atoms. The molecular weight excluding hydrogens is 248 g/mol. The first kappa shape index (κ1) is 13.0. The largest absolute Gasteiger partial charge is 0.289 e. The van der Waals surface area contributed by atoms with Crippen molar-refractivity contribution in [2.24, 2.45) is 0 Å². The number of aromatic nitrogens is 2. The zero-order valence-electron chi connectivity index (χ0n) is 11.9. The number of nitrogens with zero attached hydrogens (tertiary/aromatic N) is 2. The average molecular weight is 266 g/mol. The summed E-state index contributed by atoms with van der Waals surface area (Å²) in [5.74, 6) is 0.683. The van der Waals surface area contributed by atoms with Gasteiger partial charge in [0.15, 0.2) is 5.78 Å². The maximum Gasteiger partial charge on any atom is 0.194 e. The zero-order valence-corrected chi connectivity index (χ0v) is 11.9. The van der Waals surface area contributed by atoms with Crippen LogP contribution in [0.3, 0.4) is 0 Å². The van der Waals surface area contributed by atoms with Crippen molar-refractivity contribution in [1.29, 1.82) is 0 Å². The van der Waals surface area contributed by atoms with Gasteiger partial charge >= 0.3 is 0 Å². The maximum absolute atomic E-state index is 12.6. The lowest BCUT2D eigenvalue weighted by Crippen LogP contribution is -2.11. The Morgan fingerprint density at radius 3 is 2.65 bits per heavy atom. The fraction of sp³-hybridized carbons (Fsp3) is 0.353. The van der Waals surface area contributed by atoms with Crippen molar-refractivity contribution in [3.05, 3.63) is 58.4 Å². The molecule has 2 aromatic rings. The van der Waals surface area contributed by atoms with E-state index in [0.717, 1.165) is 11.3 Å². The highest BCUT2D eigenvalue weighted by Crippen LogP contribution is 2.36. The van der Waals surface area contributed by atoms with E-state index in [0.29, 0.717) is 17.2 Å². The van der Waals surface area contributed by atoms with Gasteiger partial charge in [0, 0.05) is 11.1 Å². The third-order valence-corrected chi connectivity index (χ3v) is 4.07. The summed E-state index contributed by atoms with van der Waals surface area (Å²) in [6, 6.07) is 9.86. The third kappa shape index (κ3) is 2.36. The van der Waals surface area contributed by atoms with Gasteiger partial charge in [0.25, 0.3) is 0 Å². The molecule has 0 unspecified atom stereocenters. The molecule has 3 heteroatoms. The molecule has 0 amide bonds. The lowest BCUT2D eigenvalue weighted by Gasteiger charge is -2.26. The fourth-order valence-corrected chi connectivity index (χ4v) is 2.61. The summed E-state index contributed by atoms with van der Waals surface area (Å²) in [5.41, 5.74) is 4.16. The molecule has 0 saturated heterocycles. The summed E-state index contributed by atoms with van der Waals surface area (Å²) in [4.78, 5) is 12.6. The predicted molar refractivity (Wildman–Crippen MR) is 78.0 cm³/mol. The number of aryl methyl sites for hydroxylation is 2. The highest BCUT2D eigenvalue weighted by atomic mass is 16.1. The molecule has 1 aromatic carbocycles. The Hall–Kier alpha value is -2.03. The van der Waals surface area contributed by atoms with Crippen LogP contribution in [-0.4, -0.2) is 16.0 Å². The van der Waals surface area contributed by atoms with Crippen LogP contribution in [-0.2, 0) is 0 Å². The van der Waals surface area contributed by atoms with Crippen LogP contribution in [0.25, 0.3) is 0 Å². The standard InChI is InChI=1S/C17H18N2O/c1-11-9-16(12(2)19-18-11)17(20)15-8-4-7-14(10-15)13-5-3-6-13/h4,7-10,13H,3,5-6H2,1-2H3. The summed E-state index contributed by atoms with van der Waals surface area (Å²) >= 11 is 0. The Morgan fingerprint density at radius 1 is 1.15 bits per heavy atom. The van der Waals surface area contributed by atoms with Crippen molar-refractivity contribution in [2.45, 2.75) is 39.0 Å². The zero-order chi connectivity index (χ0) is 14.1. The number of carbonyl (C=O) groups excluding carboxylic acids is 1. The van der Waals surface area contributed by atoms with E-state index in [4.69, 9.17) is 0 Å². The van der Waals surface area contributed by atoms with Gasteiger partial charge in [0.1, 0.15) is 0 Å². The molecule has 1 aliphatic rings. The molecule has 1 aromatic heterocycles. The van der Waals surface area contributed by atoms with E-state index in [9.17, 15) is 4.79 Å². The molecule has 20 heavy (non-hydrogen) atoms. The van der Waals surface area contributed by atoms with Gasteiger partial charge < -0.3 is 0 Å². The van der Waals surface area contributed by atoms with E-state index >= 15 is 0 Å². The number of hydrogen-bond acceptors (Lipinski definition) is 3. The molecule has 0 aliphatic heterocycles. The summed E-state index contributed by atoms with van der Waals surface area (Å²) in [7, 11) is 0. The number of benzene rings is 1. The minimum Gasteiger partial charge on any atom is -0.289 e. The Morgan fingerprint density at radius 2 is 1.95 bits per heavy atom. The topological polar surface area (TPSA) is 42.9 Å². The number of rotatable bonds is 3. The Labute approximate surface area is 119 Å². The van der Waals surface area contributed by atoms with Crippen molar-refractivity contribution in [3.63, 3.8) is 0 Å². The number of carbonyl (C=O) groups is 1. The fourth-order valence-electron chi connectivity index (χ4n) is 2.61. The summed E-state index contributed by atoms with van der Waals surface area (Å²) in [5, 5.41) is 8.02. The van der Waals surface area contributed by atoms with Crippen molar-refractivity contribution in [1.82, 2.24) is 10.2 Å². The van der Waals surface area contributed by atoms with Gasteiger partial charge in [-0.05, 0) is 50.3 Å². The molecule has 102 valence electrons. The normalized spacial score (nSPS) is 14.9. The predicted octanol–water partition coefficient (Wildman–Crippen LogP) is 3.59. The molecule has 0 N–H and O–H groups in total. The summed E-state index contributed by atoms with van der Waals surface area (Å²) in [6.07, 6.45) is 3.79. The Bertz CT molecular complexity index is 660. The molecule has 3 rings (SSSR count). The third-order valence-electron chi connectivity index (χ3n) is 4.07. The Balaban J connectivity index is 1.95. The summed E-state index contributed by atoms with van der Waals surface area (Å²) in [6.45, 7) is 3.68. The smallest absolute Gasteiger partial charge is 0.194 e. The van der Waals surface area contributed by atoms with Crippen LogP contribution in [0.2, 0.25) is 0 Å². The average Bonchev–Trinajstić information content (AvgIpc) is 2.39. The van der Waals surface area contributed by atoms with Crippen molar-refractivity contribution in [3.8, 4) is 0 Å². The minimum atomic E-state index is 0.0432. The Kier molecular flexibility index (Phi) is 3.35.